The van der Waals surface area contributed by atoms with E-state index in [4.69, 9.17) is 21.3 Å². The summed E-state index contributed by atoms with van der Waals surface area (Å²) in [5, 5.41) is 1.14. The zero-order valence-electron chi connectivity index (χ0n) is 21.6. The summed E-state index contributed by atoms with van der Waals surface area (Å²) < 4.78 is 46.8. The van der Waals surface area contributed by atoms with Gasteiger partial charge in [0.25, 0.3) is 5.56 Å². The van der Waals surface area contributed by atoms with Gasteiger partial charge in [0, 0.05) is 66.7 Å². The predicted molar refractivity (Wildman–Crippen MR) is 147 cm³/mol. The second-order valence-corrected chi connectivity index (χ2v) is 9.48. The van der Waals surface area contributed by atoms with E-state index in [9.17, 15) is 18.0 Å². The molecule has 0 amide bonds. The van der Waals surface area contributed by atoms with Crippen molar-refractivity contribution in [2.24, 2.45) is 0 Å². The smallest absolute Gasteiger partial charge is 0.417 e. The number of hydrogen-bond donors (Lipinski definition) is 0. The van der Waals surface area contributed by atoms with E-state index in [1.165, 1.54) is 12.4 Å². The Morgan fingerprint density at radius 2 is 1.97 bits per heavy atom. The lowest BCUT2D eigenvalue weighted by Crippen LogP contribution is -2.22. The zero-order chi connectivity index (χ0) is 28.3. The van der Waals surface area contributed by atoms with Gasteiger partial charge >= 0.3 is 6.18 Å². The molecule has 0 atom stereocenters. The summed E-state index contributed by atoms with van der Waals surface area (Å²) in [4.78, 5) is 23.1. The summed E-state index contributed by atoms with van der Waals surface area (Å²) in [7, 11) is 3.89. The summed E-state index contributed by atoms with van der Waals surface area (Å²) in [5.74, 6) is 0.504. The van der Waals surface area contributed by atoms with Crippen LogP contribution in [0.4, 0.5) is 13.2 Å². The van der Waals surface area contributed by atoms with Gasteiger partial charge in [0.2, 0.25) is 0 Å². The first-order valence-electron chi connectivity index (χ1n) is 11.9. The summed E-state index contributed by atoms with van der Waals surface area (Å²) in [6, 6.07) is 9.24. The molecule has 0 fully saturated rings. The number of aryl methyl sites for hydroxylation is 1. The van der Waals surface area contributed by atoms with E-state index >= 15 is 0 Å². The summed E-state index contributed by atoms with van der Waals surface area (Å²) in [6.07, 6.45) is 2.72. The number of fused-ring (bicyclic) bond motifs is 1. The van der Waals surface area contributed by atoms with Crippen LogP contribution in [0, 0.1) is 6.92 Å². The molecule has 10 heteroatoms. The average Bonchev–Trinajstić information content (AvgIpc) is 2.87. The maximum absolute atomic E-state index is 13.2. The van der Waals surface area contributed by atoms with Gasteiger partial charge in [-0.25, -0.2) is 4.98 Å². The Bertz CT molecular complexity index is 1630. The van der Waals surface area contributed by atoms with Crippen molar-refractivity contribution >= 4 is 28.2 Å². The fourth-order valence-corrected chi connectivity index (χ4v) is 4.46. The van der Waals surface area contributed by atoms with E-state index in [1.54, 1.807) is 12.1 Å². The number of nitrogens with zero attached hydrogens (tertiary/aromatic N) is 4. The standard InChI is InChI=1S/C29H26ClF3N4O2/c1-5-7-25(36(3)4)22-12-18(2)35-28-21(22)8-6-9-26(28)39-17-23-19(13-34-14-24(23)30)15-37-16-20(29(31,32)33)10-11-27(37)38/h5-14,16H,1,15,17H2,2-4H3/b25-7-. The Balaban J connectivity index is 1.71. The van der Waals surface area contributed by atoms with E-state index in [1.807, 2.05) is 50.2 Å². The molecule has 6 nitrogen and oxygen atoms in total. The fourth-order valence-electron chi connectivity index (χ4n) is 4.23. The minimum atomic E-state index is -4.58. The molecule has 202 valence electrons. The van der Waals surface area contributed by atoms with E-state index in [2.05, 4.69) is 11.6 Å². The van der Waals surface area contributed by atoms with Crippen LogP contribution < -0.4 is 10.3 Å². The topological polar surface area (TPSA) is 60.3 Å². The van der Waals surface area contributed by atoms with Crippen molar-refractivity contribution in [3.05, 3.63) is 117 Å². The summed E-state index contributed by atoms with van der Waals surface area (Å²) in [5.41, 5.74) is 2.79. The van der Waals surface area contributed by atoms with E-state index in [0.717, 1.165) is 45.2 Å². The number of hydrogen-bond acceptors (Lipinski definition) is 5. The van der Waals surface area contributed by atoms with Crippen LogP contribution in [0.5, 0.6) is 5.75 Å². The largest absolute Gasteiger partial charge is 0.487 e. The third-order valence-corrected chi connectivity index (χ3v) is 6.41. The number of benzene rings is 1. The Kier molecular flexibility index (Phi) is 8.11. The highest BCUT2D eigenvalue weighted by Gasteiger charge is 2.31. The summed E-state index contributed by atoms with van der Waals surface area (Å²) >= 11 is 6.44. The Labute approximate surface area is 228 Å². The molecule has 0 bridgehead atoms. The van der Waals surface area contributed by atoms with Gasteiger partial charge in [0.05, 0.1) is 17.1 Å². The van der Waals surface area contributed by atoms with Gasteiger partial charge in [0.1, 0.15) is 17.9 Å². The van der Waals surface area contributed by atoms with Crippen molar-refractivity contribution in [2.75, 3.05) is 14.1 Å². The predicted octanol–water partition coefficient (Wildman–Crippen LogP) is 6.49. The number of halogens is 4. The van der Waals surface area contributed by atoms with Crippen LogP contribution in [-0.4, -0.2) is 33.5 Å². The van der Waals surface area contributed by atoms with Crippen LogP contribution in [0.1, 0.15) is 27.9 Å². The van der Waals surface area contributed by atoms with Crippen LogP contribution in [-0.2, 0) is 19.3 Å². The van der Waals surface area contributed by atoms with Crippen molar-refractivity contribution in [1.82, 2.24) is 19.4 Å². The molecule has 0 saturated carbocycles. The van der Waals surface area contributed by atoms with Crippen molar-refractivity contribution < 1.29 is 17.9 Å². The van der Waals surface area contributed by atoms with E-state index < -0.39 is 17.3 Å². The third-order valence-electron chi connectivity index (χ3n) is 6.08. The highest BCUT2D eigenvalue weighted by molar-refractivity contribution is 6.31. The lowest BCUT2D eigenvalue weighted by molar-refractivity contribution is -0.138. The lowest BCUT2D eigenvalue weighted by Gasteiger charge is -2.20. The maximum Gasteiger partial charge on any atom is 0.417 e. The second kappa shape index (κ2) is 11.3. The Hall–Kier alpha value is -4.11. The second-order valence-electron chi connectivity index (χ2n) is 9.07. The molecule has 0 saturated heterocycles. The number of rotatable bonds is 8. The molecule has 0 aliphatic rings. The molecule has 0 radical (unpaired) electrons. The first-order chi connectivity index (χ1) is 18.5. The molecule has 0 spiro atoms. The molecule has 0 unspecified atom stereocenters. The van der Waals surface area contributed by atoms with Gasteiger partial charge < -0.3 is 14.2 Å². The minimum absolute atomic E-state index is 0.0164. The molecule has 1 aromatic carbocycles. The Morgan fingerprint density at radius 1 is 1.21 bits per heavy atom. The molecular weight excluding hydrogens is 529 g/mol. The van der Waals surface area contributed by atoms with Crippen molar-refractivity contribution in [3.8, 4) is 5.75 Å². The van der Waals surface area contributed by atoms with Crippen LogP contribution in [0.3, 0.4) is 0 Å². The molecule has 0 aliphatic heterocycles. The number of allylic oxidation sites excluding steroid dienone is 2. The first-order valence-corrected chi connectivity index (χ1v) is 12.3. The van der Waals surface area contributed by atoms with Crippen LogP contribution in [0.25, 0.3) is 16.6 Å². The molecular formula is C29H26ClF3N4O2. The first kappa shape index (κ1) is 27.9. The van der Waals surface area contributed by atoms with Crippen LogP contribution in [0.2, 0.25) is 5.02 Å². The molecule has 39 heavy (non-hydrogen) atoms. The average molecular weight is 555 g/mol. The van der Waals surface area contributed by atoms with E-state index in [-0.39, 0.29) is 18.2 Å². The molecule has 0 N–H and O–H groups in total. The highest BCUT2D eigenvalue weighted by Crippen LogP contribution is 2.33. The lowest BCUT2D eigenvalue weighted by atomic mass is 10.0. The number of ether oxygens (including phenoxy) is 1. The van der Waals surface area contributed by atoms with Crippen molar-refractivity contribution in [2.45, 2.75) is 26.3 Å². The van der Waals surface area contributed by atoms with Gasteiger partial charge in [-0.1, -0.05) is 36.4 Å². The van der Waals surface area contributed by atoms with Crippen LogP contribution in [0.15, 0.2) is 78.5 Å². The monoisotopic (exact) mass is 554 g/mol. The SMILES string of the molecule is C=C/C=C(/c1cc(C)nc2c(OCc3c(Cl)cncc3Cn3cc(C(F)(F)F)ccc3=O)cccc12)N(C)C. The van der Waals surface area contributed by atoms with Crippen molar-refractivity contribution in [1.29, 1.82) is 0 Å². The van der Waals surface area contributed by atoms with Gasteiger partial charge in [0.15, 0.2) is 0 Å². The summed E-state index contributed by atoms with van der Waals surface area (Å²) in [6.45, 7) is 5.54. The van der Waals surface area contributed by atoms with E-state index in [0.29, 0.717) is 22.4 Å². The number of para-hydroxylation sites is 1. The maximum atomic E-state index is 13.2. The molecule has 3 aromatic heterocycles. The van der Waals surface area contributed by atoms with Crippen molar-refractivity contribution in [3.63, 3.8) is 0 Å². The molecule has 4 aromatic rings. The number of pyridine rings is 3. The normalized spacial score (nSPS) is 12.0. The molecule has 3 heterocycles. The number of alkyl halides is 3. The molecule has 4 rings (SSSR count). The van der Waals surface area contributed by atoms with Gasteiger partial charge in [-0.2, -0.15) is 13.2 Å². The quantitative estimate of drug-likeness (QED) is 0.233. The van der Waals surface area contributed by atoms with Gasteiger partial charge in [-0.15, -0.1) is 0 Å². The van der Waals surface area contributed by atoms with Crippen LogP contribution >= 0.6 is 11.6 Å². The number of aromatic nitrogens is 3. The third kappa shape index (κ3) is 6.15. The molecule has 0 aliphatic carbocycles. The fraction of sp³-hybridized carbons (Fsp3) is 0.207. The minimum Gasteiger partial charge on any atom is -0.487 e. The Morgan fingerprint density at radius 3 is 2.67 bits per heavy atom. The highest BCUT2D eigenvalue weighted by atomic mass is 35.5. The zero-order valence-corrected chi connectivity index (χ0v) is 22.3. The van der Waals surface area contributed by atoms with Gasteiger partial charge in [-0.3, -0.25) is 9.78 Å². The van der Waals surface area contributed by atoms with Gasteiger partial charge in [-0.05, 0) is 36.8 Å².